The molecular weight excluding hydrogens is 596 g/mol. The van der Waals surface area contributed by atoms with E-state index in [9.17, 15) is 14.7 Å². The highest BCUT2D eigenvalue weighted by molar-refractivity contribution is 5.82. The van der Waals surface area contributed by atoms with Crippen LogP contribution in [0.1, 0.15) is 145 Å². The van der Waals surface area contributed by atoms with Gasteiger partial charge in [0, 0.05) is 24.0 Å². The maximum atomic E-state index is 13.3. The summed E-state index contributed by atoms with van der Waals surface area (Å²) >= 11 is 0. The molecular formula is C42H70N2O4. The van der Waals surface area contributed by atoms with Gasteiger partial charge in [-0.15, -0.1) is 0 Å². The van der Waals surface area contributed by atoms with Gasteiger partial charge in [0.1, 0.15) is 6.10 Å². The molecule has 6 nitrogen and oxygen atoms in total. The zero-order valence-corrected chi connectivity index (χ0v) is 32.0. The number of esters is 1. The minimum absolute atomic E-state index is 0.155. The van der Waals surface area contributed by atoms with Gasteiger partial charge in [0.2, 0.25) is 0 Å². The molecule has 6 rings (SSSR count). The van der Waals surface area contributed by atoms with Crippen LogP contribution in [0.4, 0.5) is 0 Å². The number of hydrogen-bond donors (Lipinski definition) is 2. The van der Waals surface area contributed by atoms with E-state index in [0.717, 1.165) is 25.3 Å². The molecule has 1 aliphatic heterocycles. The fraction of sp³-hybridized carbons (Fsp3) is 0.905. The van der Waals surface area contributed by atoms with Crippen molar-refractivity contribution >= 4 is 11.9 Å². The van der Waals surface area contributed by atoms with Crippen LogP contribution in [0.3, 0.4) is 0 Å². The highest BCUT2D eigenvalue weighted by Crippen LogP contribution is 2.76. The lowest BCUT2D eigenvalue weighted by Gasteiger charge is -2.73. The first-order valence-corrected chi connectivity index (χ1v) is 20.0. The van der Waals surface area contributed by atoms with Crippen molar-refractivity contribution in [3.05, 3.63) is 12.2 Å². The quantitative estimate of drug-likeness (QED) is 0.189. The van der Waals surface area contributed by atoms with E-state index in [2.05, 4.69) is 58.3 Å². The van der Waals surface area contributed by atoms with Crippen molar-refractivity contribution in [1.82, 2.24) is 10.2 Å². The topological polar surface area (TPSA) is 78.9 Å². The molecule has 5 aliphatic carbocycles. The summed E-state index contributed by atoms with van der Waals surface area (Å²) in [4.78, 5) is 27.5. The number of ether oxygens (including phenoxy) is 1. The number of rotatable bonds is 9. The third-order valence-electron chi connectivity index (χ3n) is 16.8. The van der Waals surface area contributed by atoms with Gasteiger partial charge in [-0.2, -0.15) is 0 Å². The van der Waals surface area contributed by atoms with Crippen LogP contribution in [0.15, 0.2) is 12.2 Å². The fourth-order valence-corrected chi connectivity index (χ4v) is 14.0. The van der Waals surface area contributed by atoms with Crippen LogP contribution in [0, 0.1) is 56.7 Å². The molecule has 0 unspecified atom stereocenters. The van der Waals surface area contributed by atoms with E-state index < -0.39 is 11.4 Å². The number of piperidine rings is 1. The summed E-state index contributed by atoms with van der Waals surface area (Å²) in [7, 11) is 0. The number of nitrogens with one attached hydrogen (secondary N) is 1. The van der Waals surface area contributed by atoms with Gasteiger partial charge in [-0.1, -0.05) is 53.2 Å². The first-order valence-electron chi connectivity index (χ1n) is 20.0. The first kappa shape index (κ1) is 36.4. The Balaban J connectivity index is 1.22. The number of carbonyl (C=O) groups excluding carboxylic acids is 1. The van der Waals surface area contributed by atoms with Gasteiger partial charge in [-0.25, -0.2) is 0 Å². The van der Waals surface area contributed by atoms with E-state index in [-0.39, 0.29) is 40.3 Å². The van der Waals surface area contributed by atoms with Gasteiger partial charge >= 0.3 is 11.9 Å². The zero-order valence-electron chi connectivity index (χ0n) is 32.0. The van der Waals surface area contributed by atoms with Gasteiger partial charge in [-0.3, -0.25) is 9.59 Å². The number of carboxylic acid groups (broad SMARTS) is 1. The standard InChI is InChI=1S/C42H70N2O4/c1-28(2)29-15-20-42(43-23-26-44-24-11-10-12-25-44)22-21-40(8)30(35(29)42)13-14-32-39(7)18-17-33(48-36(47)37(3,4)27-34(45)46)38(5,6)31(39)16-19-41(32,40)9/h29-33,35,43H,1,10-27H2,2-9H3,(H,45,46)/t29-,30+,31-,32+,33-,35+,39-,40+,41+,42-/m0/s1. The Morgan fingerprint density at radius 2 is 1.58 bits per heavy atom. The Labute approximate surface area is 293 Å². The smallest absolute Gasteiger partial charge is 0.312 e. The van der Waals surface area contributed by atoms with Crippen LogP contribution in [-0.4, -0.2) is 59.8 Å². The molecule has 6 aliphatic rings. The number of allylic oxidation sites excluding steroid dienone is 1. The van der Waals surface area contributed by atoms with Crippen molar-refractivity contribution in [1.29, 1.82) is 0 Å². The van der Waals surface area contributed by atoms with E-state index in [1.807, 2.05) is 0 Å². The molecule has 0 aromatic carbocycles. The van der Waals surface area contributed by atoms with E-state index in [0.29, 0.717) is 29.1 Å². The van der Waals surface area contributed by atoms with E-state index >= 15 is 0 Å². The summed E-state index contributed by atoms with van der Waals surface area (Å²) in [6.07, 6.45) is 16.0. The van der Waals surface area contributed by atoms with Crippen LogP contribution >= 0.6 is 0 Å². The Morgan fingerprint density at radius 1 is 0.875 bits per heavy atom. The summed E-state index contributed by atoms with van der Waals surface area (Å²) in [6, 6.07) is 0. The number of carboxylic acids is 1. The lowest BCUT2D eigenvalue weighted by atomic mass is 9.32. The first-order chi connectivity index (χ1) is 22.4. The molecule has 0 amide bonds. The predicted molar refractivity (Wildman–Crippen MR) is 193 cm³/mol. The second-order valence-corrected chi connectivity index (χ2v) is 19.9. The molecule has 6 fully saturated rings. The fourth-order valence-electron chi connectivity index (χ4n) is 14.0. The number of nitrogens with zero attached hydrogens (tertiary/aromatic N) is 1. The molecule has 0 spiro atoms. The molecule has 48 heavy (non-hydrogen) atoms. The molecule has 0 aromatic rings. The summed E-state index contributed by atoms with van der Waals surface area (Å²) in [6.45, 7) is 27.9. The molecule has 0 bridgehead atoms. The maximum Gasteiger partial charge on any atom is 0.312 e. The molecule has 272 valence electrons. The minimum atomic E-state index is -1.03. The largest absolute Gasteiger partial charge is 0.481 e. The molecule has 0 radical (unpaired) electrons. The Bertz CT molecular complexity index is 1250. The van der Waals surface area contributed by atoms with Crippen LogP contribution in [0.25, 0.3) is 0 Å². The number of aliphatic carboxylic acids is 1. The zero-order chi connectivity index (χ0) is 34.9. The monoisotopic (exact) mass is 667 g/mol. The SMILES string of the molecule is C=C(C)[C@@H]1CC[C@]2(NCCN3CCCCC3)CC[C@]3(C)[C@H](CC[C@@H]4[C@@]5(C)CC[C@H](OC(=O)C(C)(C)CC(=O)O)C(C)(C)[C@@H]5CC[C@]43C)[C@@H]12. The number of carbonyl (C=O) groups is 2. The molecule has 1 saturated heterocycles. The average Bonchev–Trinajstić information content (AvgIpc) is 3.39. The van der Waals surface area contributed by atoms with Gasteiger partial charge < -0.3 is 20.1 Å². The molecule has 2 N–H and O–H groups in total. The van der Waals surface area contributed by atoms with E-state index in [1.54, 1.807) is 13.8 Å². The van der Waals surface area contributed by atoms with Crippen molar-refractivity contribution < 1.29 is 19.4 Å². The minimum Gasteiger partial charge on any atom is -0.481 e. The maximum absolute atomic E-state index is 13.3. The normalized spacial score (nSPS) is 44.1. The third kappa shape index (κ3) is 5.73. The van der Waals surface area contributed by atoms with Crippen molar-refractivity contribution in [3.63, 3.8) is 0 Å². The van der Waals surface area contributed by atoms with E-state index in [1.165, 1.54) is 95.8 Å². The van der Waals surface area contributed by atoms with Crippen LogP contribution in [0.5, 0.6) is 0 Å². The Kier molecular flexibility index (Phi) is 9.61. The van der Waals surface area contributed by atoms with Crippen molar-refractivity contribution in [2.75, 3.05) is 26.2 Å². The summed E-state index contributed by atoms with van der Waals surface area (Å²) in [5.41, 5.74) is 1.28. The molecule has 0 aromatic heterocycles. The predicted octanol–water partition coefficient (Wildman–Crippen LogP) is 8.88. The van der Waals surface area contributed by atoms with Crippen LogP contribution < -0.4 is 5.32 Å². The van der Waals surface area contributed by atoms with Crippen molar-refractivity contribution in [2.24, 2.45) is 56.7 Å². The van der Waals surface area contributed by atoms with Gasteiger partial charge in [0.05, 0.1) is 11.8 Å². The molecule has 5 saturated carbocycles. The lowest BCUT2D eigenvalue weighted by Crippen LogP contribution is -2.69. The van der Waals surface area contributed by atoms with Crippen molar-refractivity contribution in [3.8, 4) is 0 Å². The van der Waals surface area contributed by atoms with E-state index in [4.69, 9.17) is 4.74 Å². The second-order valence-electron chi connectivity index (χ2n) is 19.9. The summed E-state index contributed by atoms with van der Waals surface area (Å²) < 4.78 is 6.28. The highest BCUT2D eigenvalue weighted by atomic mass is 16.5. The summed E-state index contributed by atoms with van der Waals surface area (Å²) in [5.74, 6) is 1.85. The van der Waals surface area contributed by atoms with Crippen LogP contribution in [-0.2, 0) is 14.3 Å². The van der Waals surface area contributed by atoms with Gasteiger partial charge in [-0.05, 0) is 157 Å². The Morgan fingerprint density at radius 3 is 2.25 bits per heavy atom. The highest BCUT2D eigenvalue weighted by Gasteiger charge is 2.71. The number of fused-ring (bicyclic) bond motifs is 7. The number of hydrogen-bond acceptors (Lipinski definition) is 5. The summed E-state index contributed by atoms with van der Waals surface area (Å²) in [5, 5.41) is 13.7. The van der Waals surface area contributed by atoms with Gasteiger partial charge in [0.15, 0.2) is 0 Å². The lowest BCUT2D eigenvalue weighted by molar-refractivity contribution is -0.247. The molecule has 1 heterocycles. The van der Waals surface area contributed by atoms with Crippen molar-refractivity contribution in [2.45, 2.75) is 157 Å². The van der Waals surface area contributed by atoms with Crippen LogP contribution in [0.2, 0.25) is 0 Å². The molecule has 6 heteroatoms. The second kappa shape index (κ2) is 12.7. The Hall–Kier alpha value is -1.40. The van der Waals surface area contributed by atoms with Gasteiger partial charge in [0.25, 0.3) is 0 Å². The molecule has 10 atom stereocenters. The third-order valence-corrected chi connectivity index (χ3v) is 16.8. The number of likely N-dealkylation sites (tertiary alicyclic amines) is 1. The average molecular weight is 667 g/mol.